The van der Waals surface area contributed by atoms with Crippen LogP contribution in [0.3, 0.4) is 0 Å². The lowest BCUT2D eigenvalue weighted by atomic mass is 10.1. The molecule has 0 aliphatic carbocycles. The summed E-state index contributed by atoms with van der Waals surface area (Å²) >= 11 is 4.26. The van der Waals surface area contributed by atoms with Crippen LogP contribution in [0.2, 0.25) is 0 Å². The largest absolute Gasteiger partial charge is 0.497 e. The van der Waals surface area contributed by atoms with Crippen molar-refractivity contribution in [2.24, 2.45) is 0 Å². The number of carbonyl (C=O) groups excluding carboxylic acids is 3. The highest BCUT2D eigenvalue weighted by atomic mass is 79.9. The topological polar surface area (TPSA) is 84.9 Å². The Hall–Kier alpha value is -4.08. The predicted molar refractivity (Wildman–Crippen MR) is 157 cm³/mol. The summed E-state index contributed by atoms with van der Waals surface area (Å²) in [5.74, 6) is 0.202. The Labute approximate surface area is 237 Å². The Morgan fingerprint density at radius 1 is 0.974 bits per heavy atom. The number of fused-ring (bicyclic) bond motifs is 1. The summed E-state index contributed by atoms with van der Waals surface area (Å²) in [6.07, 6.45) is 1.62. The second-order valence-corrected chi connectivity index (χ2v) is 10.6. The lowest BCUT2D eigenvalue weighted by molar-refractivity contribution is -0.127. The Bertz CT molecular complexity index is 1600. The third kappa shape index (κ3) is 6.32. The van der Waals surface area contributed by atoms with Gasteiger partial charge < -0.3 is 14.8 Å². The van der Waals surface area contributed by atoms with E-state index in [1.54, 1.807) is 37.5 Å². The van der Waals surface area contributed by atoms with Gasteiger partial charge in [-0.1, -0.05) is 52.3 Å². The summed E-state index contributed by atoms with van der Waals surface area (Å²) < 4.78 is 12.0. The third-order valence-electron chi connectivity index (χ3n) is 6.02. The average Bonchev–Trinajstić information content (AvgIpc) is 3.20. The van der Waals surface area contributed by atoms with Crippen LogP contribution in [-0.4, -0.2) is 35.6 Å². The molecule has 1 aliphatic rings. The molecule has 7 nitrogen and oxygen atoms in total. The Balaban J connectivity index is 1.29. The van der Waals surface area contributed by atoms with Crippen LogP contribution in [0.4, 0.5) is 10.5 Å². The molecule has 0 unspecified atom stereocenters. The van der Waals surface area contributed by atoms with E-state index in [0.29, 0.717) is 29.4 Å². The van der Waals surface area contributed by atoms with Crippen LogP contribution in [0.1, 0.15) is 11.1 Å². The molecule has 3 amide bonds. The van der Waals surface area contributed by atoms with Crippen LogP contribution in [0.5, 0.6) is 11.5 Å². The van der Waals surface area contributed by atoms with Crippen molar-refractivity contribution in [2.75, 3.05) is 19.0 Å². The number of hydrogen-bond acceptors (Lipinski definition) is 6. The lowest BCUT2D eigenvalue weighted by Gasteiger charge is -2.13. The molecule has 4 aromatic rings. The molecule has 0 aromatic heterocycles. The molecule has 0 bridgehead atoms. The fourth-order valence-corrected chi connectivity index (χ4v) is 5.26. The Morgan fingerprint density at radius 2 is 1.74 bits per heavy atom. The van der Waals surface area contributed by atoms with Crippen LogP contribution >= 0.6 is 27.7 Å². The van der Waals surface area contributed by atoms with E-state index in [4.69, 9.17) is 9.47 Å². The Morgan fingerprint density at radius 3 is 2.51 bits per heavy atom. The number of ether oxygens (including phenoxy) is 2. The number of benzene rings is 4. The van der Waals surface area contributed by atoms with Crippen molar-refractivity contribution in [3.05, 3.63) is 105 Å². The first-order valence-corrected chi connectivity index (χ1v) is 13.6. The van der Waals surface area contributed by atoms with Gasteiger partial charge in [0, 0.05) is 15.7 Å². The van der Waals surface area contributed by atoms with Gasteiger partial charge in [0.1, 0.15) is 24.7 Å². The molecule has 5 rings (SSSR count). The summed E-state index contributed by atoms with van der Waals surface area (Å²) in [6, 6.07) is 26.5. The predicted octanol–water partition coefficient (Wildman–Crippen LogP) is 6.86. The van der Waals surface area contributed by atoms with E-state index >= 15 is 0 Å². The highest BCUT2D eigenvalue weighted by molar-refractivity contribution is 9.10. The van der Waals surface area contributed by atoms with Gasteiger partial charge in [-0.2, -0.15) is 0 Å². The molecule has 39 heavy (non-hydrogen) atoms. The summed E-state index contributed by atoms with van der Waals surface area (Å²) in [7, 11) is 1.55. The number of imide groups is 1. The van der Waals surface area contributed by atoms with Crippen molar-refractivity contribution in [1.29, 1.82) is 0 Å². The van der Waals surface area contributed by atoms with E-state index in [1.807, 2.05) is 36.4 Å². The molecule has 196 valence electrons. The molecule has 4 aromatic carbocycles. The van der Waals surface area contributed by atoms with E-state index < -0.39 is 23.6 Å². The van der Waals surface area contributed by atoms with Crippen LogP contribution in [0.25, 0.3) is 16.8 Å². The first-order valence-electron chi connectivity index (χ1n) is 12.0. The van der Waals surface area contributed by atoms with Crippen molar-refractivity contribution in [1.82, 2.24) is 4.90 Å². The van der Waals surface area contributed by atoms with Gasteiger partial charge in [-0.25, -0.2) is 0 Å². The van der Waals surface area contributed by atoms with E-state index in [0.717, 1.165) is 37.5 Å². The van der Waals surface area contributed by atoms with E-state index in [2.05, 4.69) is 45.5 Å². The summed E-state index contributed by atoms with van der Waals surface area (Å²) in [4.78, 5) is 39.4. The molecule has 0 spiro atoms. The molecule has 9 heteroatoms. The van der Waals surface area contributed by atoms with Gasteiger partial charge >= 0.3 is 0 Å². The normalized spacial score (nSPS) is 14.2. The molecule has 1 heterocycles. The monoisotopic (exact) mass is 602 g/mol. The number of halogens is 1. The van der Waals surface area contributed by atoms with Crippen molar-refractivity contribution in [3.63, 3.8) is 0 Å². The van der Waals surface area contributed by atoms with Crippen LogP contribution in [0, 0.1) is 0 Å². The quantitative estimate of drug-likeness (QED) is 0.222. The van der Waals surface area contributed by atoms with E-state index in [-0.39, 0.29) is 4.91 Å². The number of amides is 3. The zero-order valence-electron chi connectivity index (χ0n) is 20.8. The van der Waals surface area contributed by atoms with Gasteiger partial charge in [0.15, 0.2) is 0 Å². The second kappa shape index (κ2) is 11.8. The van der Waals surface area contributed by atoms with E-state index in [1.165, 1.54) is 0 Å². The highest BCUT2D eigenvalue weighted by Gasteiger charge is 2.36. The molecular formula is C30H23BrN2O5S. The number of hydrogen-bond donors (Lipinski definition) is 1. The fourth-order valence-electron chi connectivity index (χ4n) is 4.05. The maximum absolute atomic E-state index is 13.1. The minimum absolute atomic E-state index is 0.214. The van der Waals surface area contributed by atoms with Gasteiger partial charge in [-0.3, -0.25) is 19.3 Å². The third-order valence-corrected chi connectivity index (χ3v) is 7.42. The van der Waals surface area contributed by atoms with Gasteiger partial charge in [-0.15, -0.1) is 0 Å². The van der Waals surface area contributed by atoms with E-state index in [9.17, 15) is 14.4 Å². The second-order valence-electron chi connectivity index (χ2n) is 8.70. The molecule has 0 atom stereocenters. The minimum Gasteiger partial charge on any atom is -0.497 e. The number of thioether (sulfide) groups is 1. The molecule has 0 radical (unpaired) electrons. The highest BCUT2D eigenvalue weighted by Crippen LogP contribution is 2.35. The average molecular weight is 603 g/mol. The zero-order chi connectivity index (χ0) is 27.4. The summed E-state index contributed by atoms with van der Waals surface area (Å²) in [5, 5.41) is 4.46. The maximum atomic E-state index is 13.1. The molecular weight excluding hydrogens is 580 g/mol. The van der Waals surface area contributed by atoms with Crippen molar-refractivity contribution >= 4 is 67.3 Å². The number of nitrogens with zero attached hydrogens (tertiary/aromatic N) is 1. The fraction of sp³-hybridized carbons (Fsp3) is 0.100. The van der Waals surface area contributed by atoms with Crippen molar-refractivity contribution in [3.8, 4) is 11.5 Å². The smallest absolute Gasteiger partial charge is 0.294 e. The van der Waals surface area contributed by atoms with Crippen LogP contribution in [0.15, 0.2) is 94.3 Å². The van der Waals surface area contributed by atoms with Gasteiger partial charge in [0.05, 0.1) is 12.0 Å². The standard InChI is InChI=1S/C30H23BrN2O5S/c1-37-25-11-9-24(10-12-25)32-28(34)17-33-29(35)27(39-30(33)36)16-22-15-23(31)8-13-26(22)38-18-19-6-7-20-4-2-3-5-21(20)14-19/h2-16H,17-18H2,1H3,(H,32,34)/b27-16+. The first-order chi connectivity index (χ1) is 18.9. The molecule has 1 saturated heterocycles. The minimum atomic E-state index is -0.532. The van der Waals surface area contributed by atoms with Gasteiger partial charge in [0.2, 0.25) is 5.91 Å². The summed E-state index contributed by atoms with van der Waals surface area (Å²) in [6.45, 7) is -0.0574. The van der Waals surface area contributed by atoms with Crippen molar-refractivity contribution in [2.45, 2.75) is 6.61 Å². The number of carbonyl (C=O) groups is 3. The molecule has 0 saturated carbocycles. The number of anilines is 1. The first kappa shape index (κ1) is 26.5. The number of rotatable bonds is 8. The Kier molecular flexibility index (Phi) is 7.99. The SMILES string of the molecule is COc1ccc(NC(=O)CN2C(=O)S/C(=C/c3cc(Br)ccc3OCc3ccc4ccccc4c3)C2=O)cc1. The van der Waals surface area contributed by atoms with Crippen LogP contribution < -0.4 is 14.8 Å². The summed E-state index contributed by atoms with van der Waals surface area (Å²) in [5.41, 5.74) is 2.18. The number of methoxy groups -OCH3 is 1. The van der Waals surface area contributed by atoms with Gasteiger partial charge in [0.25, 0.3) is 11.1 Å². The number of nitrogens with one attached hydrogen (secondary N) is 1. The molecule has 1 fully saturated rings. The lowest BCUT2D eigenvalue weighted by Crippen LogP contribution is -2.36. The van der Waals surface area contributed by atoms with Crippen molar-refractivity contribution < 1.29 is 23.9 Å². The molecule has 1 aliphatic heterocycles. The maximum Gasteiger partial charge on any atom is 0.294 e. The van der Waals surface area contributed by atoms with Crippen LogP contribution in [-0.2, 0) is 16.2 Å². The van der Waals surface area contributed by atoms with Gasteiger partial charge in [-0.05, 0) is 82.7 Å². The zero-order valence-corrected chi connectivity index (χ0v) is 23.3. The molecule has 1 N–H and O–H groups in total.